The van der Waals surface area contributed by atoms with Crippen molar-refractivity contribution in [3.05, 3.63) is 52.1 Å². The molecular weight excluding hydrogens is 330 g/mol. The monoisotopic (exact) mass is 347 g/mol. The highest BCUT2D eigenvalue weighted by atomic mass is 16.5. The summed E-state index contributed by atoms with van der Waals surface area (Å²) in [6, 6.07) is 7.85. The van der Waals surface area contributed by atoms with Gasteiger partial charge in [0.1, 0.15) is 22.8 Å². The standard InChI is InChI=1S/C20H17N3O3/c21-10-13-18(22)26-15-8-2-7-14(24)16(15)20(13)12-6-1-4-11-5-3-9-23(17(11)12)19(20)25/h1,4,6H,2-3,5,7-9,22H2/t20-/m0/s1. The summed E-state index contributed by atoms with van der Waals surface area (Å²) in [7, 11) is 0. The van der Waals surface area contributed by atoms with Gasteiger partial charge in [-0.3, -0.25) is 9.59 Å². The van der Waals surface area contributed by atoms with Crippen molar-refractivity contribution in [2.45, 2.75) is 37.5 Å². The first-order valence-electron chi connectivity index (χ1n) is 8.90. The average molecular weight is 347 g/mol. The molecular formula is C20H17N3O3. The van der Waals surface area contributed by atoms with Crippen molar-refractivity contribution in [3.63, 3.8) is 0 Å². The van der Waals surface area contributed by atoms with Crippen LogP contribution in [0.3, 0.4) is 0 Å². The molecule has 6 nitrogen and oxygen atoms in total. The minimum absolute atomic E-state index is 0.0410. The number of benzene rings is 1. The van der Waals surface area contributed by atoms with E-state index < -0.39 is 5.41 Å². The minimum atomic E-state index is -1.44. The normalized spacial score (nSPS) is 26.7. The number of nitrogens with two attached hydrogens (primary N) is 1. The van der Waals surface area contributed by atoms with E-state index in [1.54, 1.807) is 4.90 Å². The van der Waals surface area contributed by atoms with E-state index >= 15 is 0 Å². The molecule has 0 bridgehead atoms. The van der Waals surface area contributed by atoms with Gasteiger partial charge in [0.25, 0.3) is 0 Å². The highest BCUT2D eigenvalue weighted by Crippen LogP contribution is 2.57. The third-order valence-corrected chi connectivity index (χ3v) is 5.89. The summed E-state index contributed by atoms with van der Waals surface area (Å²) in [5.74, 6) is 0.0119. The Hall–Kier alpha value is -3.07. The van der Waals surface area contributed by atoms with Gasteiger partial charge < -0.3 is 15.4 Å². The van der Waals surface area contributed by atoms with Crippen LogP contribution in [0.25, 0.3) is 0 Å². The number of Topliss-reactive ketones (excluding diaryl/α,β-unsaturated/α-hetero) is 1. The van der Waals surface area contributed by atoms with Crippen LogP contribution in [-0.2, 0) is 26.2 Å². The number of ether oxygens (including phenoxy) is 1. The van der Waals surface area contributed by atoms with Crippen LogP contribution in [0.2, 0.25) is 0 Å². The van der Waals surface area contributed by atoms with Crippen molar-refractivity contribution in [1.29, 1.82) is 5.26 Å². The number of rotatable bonds is 0. The van der Waals surface area contributed by atoms with Crippen LogP contribution < -0.4 is 10.6 Å². The Morgan fingerprint density at radius 3 is 2.85 bits per heavy atom. The lowest BCUT2D eigenvalue weighted by atomic mass is 9.65. The van der Waals surface area contributed by atoms with Crippen molar-refractivity contribution in [3.8, 4) is 6.07 Å². The zero-order valence-electron chi connectivity index (χ0n) is 14.2. The SMILES string of the molecule is N#CC1=C(N)OC2=C(C(=O)CCC2)[C@@]12C(=O)N1CCCc3cccc2c31. The van der Waals surface area contributed by atoms with Gasteiger partial charge in [-0.25, -0.2) is 0 Å². The van der Waals surface area contributed by atoms with E-state index in [1.165, 1.54) is 0 Å². The van der Waals surface area contributed by atoms with Gasteiger partial charge in [0.05, 0.1) is 11.3 Å². The lowest BCUT2D eigenvalue weighted by Gasteiger charge is -2.37. The maximum Gasteiger partial charge on any atom is 0.247 e. The summed E-state index contributed by atoms with van der Waals surface area (Å²) >= 11 is 0. The second-order valence-electron chi connectivity index (χ2n) is 7.15. The molecule has 0 saturated carbocycles. The highest BCUT2D eigenvalue weighted by molar-refractivity contribution is 6.20. The van der Waals surface area contributed by atoms with Crippen LogP contribution in [-0.4, -0.2) is 18.2 Å². The molecule has 4 aliphatic rings. The fraction of sp³-hybridized carbons (Fsp3) is 0.350. The Labute approximate surface area is 150 Å². The minimum Gasteiger partial charge on any atom is -0.444 e. The van der Waals surface area contributed by atoms with Crippen molar-refractivity contribution < 1.29 is 14.3 Å². The molecule has 0 fully saturated rings. The topological polar surface area (TPSA) is 96.4 Å². The summed E-state index contributed by atoms with van der Waals surface area (Å²) in [6.45, 7) is 0.584. The third-order valence-electron chi connectivity index (χ3n) is 5.89. The van der Waals surface area contributed by atoms with Crippen LogP contribution in [0.5, 0.6) is 0 Å². The van der Waals surface area contributed by atoms with E-state index in [-0.39, 0.29) is 23.1 Å². The Morgan fingerprint density at radius 1 is 1.19 bits per heavy atom. The number of amides is 1. The number of hydrogen-bond donors (Lipinski definition) is 1. The molecule has 1 amide bonds. The second-order valence-corrected chi connectivity index (χ2v) is 7.15. The predicted molar refractivity (Wildman–Crippen MR) is 92.6 cm³/mol. The number of nitrogens with zero attached hydrogens (tertiary/aromatic N) is 2. The lowest BCUT2D eigenvalue weighted by Crippen LogP contribution is -2.49. The third kappa shape index (κ3) is 1.56. The molecule has 1 aromatic carbocycles. The Balaban J connectivity index is 1.92. The smallest absolute Gasteiger partial charge is 0.247 e. The first-order chi connectivity index (χ1) is 12.6. The van der Waals surface area contributed by atoms with E-state index in [2.05, 4.69) is 6.07 Å². The van der Waals surface area contributed by atoms with Crippen molar-refractivity contribution in [2.75, 3.05) is 11.4 Å². The maximum absolute atomic E-state index is 13.7. The molecule has 6 heteroatoms. The number of ketones is 1. The summed E-state index contributed by atoms with van der Waals surface area (Å²) in [5.41, 5.74) is 7.61. The zero-order valence-corrected chi connectivity index (χ0v) is 14.2. The van der Waals surface area contributed by atoms with Crippen molar-refractivity contribution >= 4 is 17.4 Å². The summed E-state index contributed by atoms with van der Waals surface area (Å²) in [6.07, 6.45) is 3.29. The van der Waals surface area contributed by atoms with E-state index in [0.29, 0.717) is 42.7 Å². The van der Waals surface area contributed by atoms with Crippen LogP contribution in [0.1, 0.15) is 36.8 Å². The van der Waals surface area contributed by atoms with E-state index in [0.717, 1.165) is 24.1 Å². The van der Waals surface area contributed by atoms with Gasteiger partial charge in [-0.2, -0.15) is 5.26 Å². The molecule has 0 aromatic heterocycles. The summed E-state index contributed by atoms with van der Waals surface area (Å²) < 4.78 is 5.65. The first kappa shape index (κ1) is 15.2. The molecule has 0 unspecified atom stereocenters. The van der Waals surface area contributed by atoms with Crippen LogP contribution in [0.4, 0.5) is 5.69 Å². The zero-order chi connectivity index (χ0) is 18.1. The quantitative estimate of drug-likeness (QED) is 0.774. The van der Waals surface area contributed by atoms with Crippen LogP contribution in [0, 0.1) is 11.3 Å². The number of carbonyl (C=O) groups is 2. The second kappa shape index (κ2) is 4.98. The predicted octanol–water partition coefficient (Wildman–Crippen LogP) is 1.95. The number of anilines is 1. The molecule has 26 heavy (non-hydrogen) atoms. The molecule has 1 aliphatic carbocycles. The number of para-hydroxylation sites is 1. The molecule has 1 spiro atoms. The molecule has 3 heterocycles. The Bertz CT molecular complexity index is 998. The van der Waals surface area contributed by atoms with Gasteiger partial charge in [-0.1, -0.05) is 18.2 Å². The number of nitriles is 1. The molecule has 5 rings (SSSR count). The maximum atomic E-state index is 13.7. The molecule has 1 atom stereocenters. The van der Waals surface area contributed by atoms with Crippen LogP contribution >= 0.6 is 0 Å². The van der Waals surface area contributed by atoms with Gasteiger partial charge in [-0.05, 0) is 24.8 Å². The summed E-state index contributed by atoms with van der Waals surface area (Å²) in [4.78, 5) is 28.4. The molecule has 3 aliphatic heterocycles. The number of hydrogen-bond acceptors (Lipinski definition) is 5. The van der Waals surface area contributed by atoms with Crippen molar-refractivity contribution in [2.24, 2.45) is 5.73 Å². The van der Waals surface area contributed by atoms with Gasteiger partial charge >= 0.3 is 0 Å². The van der Waals surface area contributed by atoms with Gasteiger partial charge in [0.15, 0.2) is 5.78 Å². The highest BCUT2D eigenvalue weighted by Gasteiger charge is 2.62. The largest absolute Gasteiger partial charge is 0.444 e. The van der Waals surface area contributed by atoms with Gasteiger partial charge in [-0.15, -0.1) is 0 Å². The number of carbonyl (C=O) groups excluding carboxylic acids is 2. The fourth-order valence-electron chi connectivity index (χ4n) is 4.93. The van der Waals surface area contributed by atoms with E-state index in [9.17, 15) is 14.9 Å². The number of aryl methyl sites for hydroxylation is 1. The van der Waals surface area contributed by atoms with E-state index in [4.69, 9.17) is 10.5 Å². The van der Waals surface area contributed by atoms with Crippen LogP contribution in [0.15, 0.2) is 41.0 Å². The summed E-state index contributed by atoms with van der Waals surface area (Å²) in [5, 5.41) is 9.88. The average Bonchev–Trinajstić information content (AvgIpc) is 2.88. The lowest BCUT2D eigenvalue weighted by molar-refractivity contribution is -0.124. The fourth-order valence-corrected chi connectivity index (χ4v) is 4.93. The Kier molecular flexibility index (Phi) is 2.91. The number of fused-ring (bicyclic) bond motifs is 2. The van der Waals surface area contributed by atoms with Gasteiger partial charge in [0, 0.05) is 24.9 Å². The number of allylic oxidation sites excluding steroid dienone is 1. The van der Waals surface area contributed by atoms with Gasteiger partial charge in [0.2, 0.25) is 11.8 Å². The molecule has 0 saturated heterocycles. The molecule has 2 N–H and O–H groups in total. The van der Waals surface area contributed by atoms with E-state index in [1.807, 2.05) is 18.2 Å². The molecule has 0 radical (unpaired) electrons. The Morgan fingerprint density at radius 2 is 2.04 bits per heavy atom. The van der Waals surface area contributed by atoms with Crippen molar-refractivity contribution in [1.82, 2.24) is 0 Å². The molecule has 1 aromatic rings. The first-order valence-corrected chi connectivity index (χ1v) is 8.90. The molecule has 130 valence electrons.